The van der Waals surface area contributed by atoms with Gasteiger partial charge in [-0.05, 0) is 33.2 Å². The van der Waals surface area contributed by atoms with Crippen molar-refractivity contribution >= 4 is 5.91 Å². The highest BCUT2D eigenvalue weighted by Crippen LogP contribution is 2.52. The summed E-state index contributed by atoms with van der Waals surface area (Å²) < 4.78 is 0. The molecule has 0 aromatic rings. The van der Waals surface area contributed by atoms with Crippen molar-refractivity contribution < 1.29 is 4.79 Å². The van der Waals surface area contributed by atoms with E-state index in [0.717, 1.165) is 25.9 Å². The molecule has 0 atom stereocenters. The van der Waals surface area contributed by atoms with Crippen LogP contribution >= 0.6 is 0 Å². The Kier molecular flexibility index (Phi) is 2.53. The van der Waals surface area contributed by atoms with Gasteiger partial charge in [0, 0.05) is 25.7 Å². The molecular formula is C12H22N2O. The molecule has 3 fully saturated rings. The Balaban J connectivity index is 2.04. The van der Waals surface area contributed by atoms with Crippen LogP contribution in [0.5, 0.6) is 0 Å². The van der Waals surface area contributed by atoms with Gasteiger partial charge in [0.1, 0.15) is 0 Å². The summed E-state index contributed by atoms with van der Waals surface area (Å²) in [4.78, 5) is 16.7. The average Bonchev–Trinajstić information content (AvgIpc) is 2.68. The number of hydrogen-bond donors (Lipinski definition) is 0. The molecule has 0 N–H and O–H groups in total. The maximum Gasteiger partial charge on any atom is 0.230 e. The van der Waals surface area contributed by atoms with Crippen LogP contribution in [0.3, 0.4) is 0 Å². The molecule has 2 saturated heterocycles. The Hall–Kier alpha value is -0.570. The molecular weight excluding hydrogens is 188 g/mol. The monoisotopic (exact) mass is 210 g/mol. The van der Waals surface area contributed by atoms with Crippen LogP contribution in [0.25, 0.3) is 0 Å². The standard InChI is InChI=1S/C12H22N2O/c1-5-14-8-12(6-10(14)7-12)11(15)13(4)9(2)3/h9-10H,5-8H2,1-4H3. The number of fused-ring (bicyclic) bond motifs is 1. The molecule has 1 saturated carbocycles. The summed E-state index contributed by atoms with van der Waals surface area (Å²) in [5, 5.41) is 0. The predicted octanol–water partition coefficient (Wildman–Crippen LogP) is 1.34. The fraction of sp³-hybridized carbons (Fsp3) is 0.917. The van der Waals surface area contributed by atoms with Gasteiger partial charge in [0.25, 0.3) is 0 Å². The number of amides is 1. The molecule has 0 aromatic heterocycles. The highest BCUT2D eigenvalue weighted by atomic mass is 16.2. The third-order valence-corrected chi connectivity index (χ3v) is 4.23. The van der Waals surface area contributed by atoms with Crippen molar-refractivity contribution in [1.29, 1.82) is 0 Å². The fourth-order valence-corrected chi connectivity index (χ4v) is 2.97. The molecule has 0 unspecified atom stereocenters. The smallest absolute Gasteiger partial charge is 0.230 e. The quantitative estimate of drug-likeness (QED) is 0.702. The molecule has 86 valence electrons. The summed E-state index contributed by atoms with van der Waals surface area (Å²) in [5.74, 6) is 0.365. The number of rotatable bonds is 3. The van der Waals surface area contributed by atoms with Crippen LogP contribution in [0.4, 0.5) is 0 Å². The number of nitrogens with zero attached hydrogens (tertiary/aromatic N) is 2. The van der Waals surface area contributed by atoms with Gasteiger partial charge in [-0.25, -0.2) is 0 Å². The molecule has 3 rings (SSSR count). The Morgan fingerprint density at radius 2 is 2.13 bits per heavy atom. The zero-order chi connectivity index (χ0) is 11.2. The molecule has 0 aromatic carbocycles. The van der Waals surface area contributed by atoms with Gasteiger partial charge in [-0.2, -0.15) is 0 Å². The Morgan fingerprint density at radius 3 is 2.53 bits per heavy atom. The minimum Gasteiger partial charge on any atom is -0.343 e. The molecule has 2 bridgehead atoms. The maximum atomic E-state index is 12.3. The highest BCUT2D eigenvalue weighted by molar-refractivity contribution is 5.85. The Labute approximate surface area is 92.4 Å². The second-order valence-electron chi connectivity index (χ2n) is 5.42. The molecule has 3 heteroatoms. The van der Waals surface area contributed by atoms with Crippen molar-refractivity contribution in [1.82, 2.24) is 9.80 Å². The third-order valence-electron chi connectivity index (χ3n) is 4.23. The summed E-state index contributed by atoms with van der Waals surface area (Å²) in [5.41, 5.74) is -0.0142. The highest BCUT2D eigenvalue weighted by Gasteiger charge is 2.59. The normalized spacial score (nSPS) is 34.3. The van der Waals surface area contributed by atoms with Crippen molar-refractivity contribution in [3.05, 3.63) is 0 Å². The van der Waals surface area contributed by atoms with E-state index in [0.29, 0.717) is 18.0 Å². The van der Waals surface area contributed by atoms with Crippen LogP contribution in [0.15, 0.2) is 0 Å². The van der Waals surface area contributed by atoms with Crippen molar-refractivity contribution in [2.45, 2.75) is 45.7 Å². The SMILES string of the molecule is CCN1CC2(C(=O)N(C)C(C)C)CC1C2. The summed E-state index contributed by atoms with van der Waals surface area (Å²) in [6, 6.07) is 1.01. The molecule has 0 radical (unpaired) electrons. The fourth-order valence-electron chi connectivity index (χ4n) is 2.97. The molecule has 1 aliphatic carbocycles. The lowest BCUT2D eigenvalue weighted by molar-refractivity contribution is -0.144. The van der Waals surface area contributed by atoms with Crippen LogP contribution in [-0.4, -0.2) is 47.9 Å². The van der Waals surface area contributed by atoms with E-state index in [9.17, 15) is 4.79 Å². The zero-order valence-electron chi connectivity index (χ0n) is 10.3. The van der Waals surface area contributed by atoms with Gasteiger partial charge in [0.15, 0.2) is 0 Å². The van der Waals surface area contributed by atoms with E-state index in [1.165, 1.54) is 0 Å². The predicted molar refractivity (Wildman–Crippen MR) is 60.6 cm³/mol. The zero-order valence-corrected chi connectivity index (χ0v) is 10.3. The topological polar surface area (TPSA) is 23.6 Å². The van der Waals surface area contributed by atoms with Gasteiger partial charge in [0.2, 0.25) is 5.91 Å². The lowest BCUT2D eigenvalue weighted by Gasteiger charge is -2.39. The first-order valence-corrected chi connectivity index (χ1v) is 6.01. The molecule has 0 spiro atoms. The first-order valence-electron chi connectivity index (χ1n) is 6.01. The van der Waals surface area contributed by atoms with Crippen LogP contribution < -0.4 is 0 Å². The Morgan fingerprint density at radius 1 is 1.53 bits per heavy atom. The molecule has 15 heavy (non-hydrogen) atoms. The van der Waals surface area contributed by atoms with E-state index >= 15 is 0 Å². The van der Waals surface area contributed by atoms with Crippen molar-refractivity contribution in [3.8, 4) is 0 Å². The first kappa shape index (κ1) is 10.9. The van der Waals surface area contributed by atoms with Gasteiger partial charge in [-0.3, -0.25) is 9.69 Å². The van der Waals surface area contributed by atoms with Crippen LogP contribution in [-0.2, 0) is 4.79 Å². The van der Waals surface area contributed by atoms with Crippen molar-refractivity contribution in [2.24, 2.45) is 5.41 Å². The minimum atomic E-state index is -0.0142. The van der Waals surface area contributed by atoms with Gasteiger partial charge < -0.3 is 4.90 Å². The second kappa shape index (κ2) is 3.48. The molecule has 2 heterocycles. The number of carbonyl (C=O) groups excluding carboxylic acids is 1. The van der Waals surface area contributed by atoms with E-state index in [-0.39, 0.29) is 5.41 Å². The van der Waals surface area contributed by atoms with Gasteiger partial charge in [-0.1, -0.05) is 6.92 Å². The maximum absolute atomic E-state index is 12.3. The van der Waals surface area contributed by atoms with Gasteiger partial charge in [0.05, 0.1) is 5.41 Å². The lowest BCUT2D eigenvalue weighted by atomic mass is 9.69. The van der Waals surface area contributed by atoms with Crippen molar-refractivity contribution in [3.63, 3.8) is 0 Å². The summed E-state index contributed by atoms with van der Waals surface area (Å²) in [7, 11) is 1.93. The summed E-state index contributed by atoms with van der Waals surface area (Å²) in [6.07, 6.45) is 2.19. The van der Waals surface area contributed by atoms with Crippen LogP contribution in [0, 0.1) is 5.41 Å². The van der Waals surface area contributed by atoms with E-state index in [2.05, 4.69) is 25.7 Å². The van der Waals surface area contributed by atoms with E-state index < -0.39 is 0 Å². The molecule has 3 aliphatic rings. The van der Waals surface area contributed by atoms with Crippen molar-refractivity contribution in [2.75, 3.05) is 20.1 Å². The molecule has 2 aliphatic heterocycles. The van der Waals surface area contributed by atoms with E-state index in [1.807, 2.05) is 11.9 Å². The number of carbonyl (C=O) groups is 1. The van der Waals surface area contributed by atoms with E-state index in [4.69, 9.17) is 0 Å². The Bertz CT molecular complexity index is 269. The van der Waals surface area contributed by atoms with Gasteiger partial charge >= 0.3 is 0 Å². The van der Waals surface area contributed by atoms with E-state index in [1.54, 1.807) is 0 Å². The summed E-state index contributed by atoms with van der Waals surface area (Å²) >= 11 is 0. The number of hydrogen-bond acceptors (Lipinski definition) is 2. The largest absolute Gasteiger partial charge is 0.343 e. The molecule has 3 nitrogen and oxygen atoms in total. The minimum absolute atomic E-state index is 0.0142. The lowest BCUT2D eigenvalue weighted by Crippen LogP contribution is -2.49. The first-order chi connectivity index (χ1) is 7.00. The van der Waals surface area contributed by atoms with Crippen LogP contribution in [0.2, 0.25) is 0 Å². The second-order valence-corrected chi connectivity index (χ2v) is 5.42. The van der Waals surface area contributed by atoms with Crippen LogP contribution in [0.1, 0.15) is 33.6 Å². The summed E-state index contributed by atoms with van der Waals surface area (Å²) in [6.45, 7) is 8.43. The average molecular weight is 210 g/mol. The van der Waals surface area contributed by atoms with Gasteiger partial charge in [-0.15, -0.1) is 0 Å². The molecule has 1 amide bonds. The third kappa shape index (κ3) is 1.48.